The largest absolute Gasteiger partial charge is 0.472 e. The molecule has 8 nitrogen and oxygen atoms in total. The zero-order valence-corrected chi connectivity index (χ0v) is 37.0. The van der Waals surface area contributed by atoms with Crippen molar-refractivity contribution in [3.63, 3.8) is 0 Å². The van der Waals surface area contributed by atoms with Gasteiger partial charge < -0.3 is 14.4 Å². The lowest BCUT2D eigenvalue weighted by Gasteiger charge is -2.19. The van der Waals surface area contributed by atoms with Gasteiger partial charge in [-0.2, -0.15) is 0 Å². The van der Waals surface area contributed by atoms with Crippen LogP contribution in [-0.4, -0.2) is 42.8 Å². The fourth-order valence-corrected chi connectivity index (χ4v) is 7.36. The lowest BCUT2D eigenvalue weighted by atomic mass is 10.0. The summed E-state index contributed by atoms with van der Waals surface area (Å²) < 4.78 is 32.7. The molecule has 55 heavy (non-hydrogen) atoms. The maximum atomic E-state index is 12.6. The highest BCUT2D eigenvalue weighted by atomic mass is 31.2. The Hall–Kier alpha value is -1.47. The Morgan fingerprint density at radius 1 is 0.491 bits per heavy atom. The van der Waals surface area contributed by atoms with Crippen LogP contribution in [0.25, 0.3) is 0 Å². The van der Waals surface area contributed by atoms with Crippen LogP contribution in [0.2, 0.25) is 0 Å². The fourth-order valence-electron chi connectivity index (χ4n) is 6.60. The first-order chi connectivity index (χ1) is 26.8. The second-order valence-electron chi connectivity index (χ2n) is 15.4. The highest BCUT2D eigenvalue weighted by Crippen LogP contribution is 2.43. The molecular formula is C46H87O8P. The summed E-state index contributed by atoms with van der Waals surface area (Å²) in [6, 6.07) is 0. The molecule has 0 saturated heterocycles. The maximum Gasteiger partial charge on any atom is 0.472 e. The minimum absolute atomic E-state index is 0.00224. The van der Waals surface area contributed by atoms with E-state index in [1.165, 1.54) is 154 Å². The van der Waals surface area contributed by atoms with E-state index in [0.717, 1.165) is 38.5 Å². The molecule has 1 N–H and O–H groups in total. The summed E-state index contributed by atoms with van der Waals surface area (Å²) in [4.78, 5) is 34.8. The van der Waals surface area contributed by atoms with Crippen molar-refractivity contribution in [1.82, 2.24) is 0 Å². The molecule has 0 radical (unpaired) electrons. The third-order valence-corrected chi connectivity index (χ3v) is 11.1. The summed E-state index contributed by atoms with van der Waals surface area (Å²) >= 11 is 0. The predicted octanol–water partition coefficient (Wildman–Crippen LogP) is 14.6. The maximum absolute atomic E-state index is 12.6. The number of rotatable bonds is 43. The molecule has 0 bridgehead atoms. The monoisotopic (exact) mass is 799 g/mol. The number of allylic oxidation sites excluding steroid dienone is 4. The molecule has 0 rings (SSSR count). The summed E-state index contributed by atoms with van der Waals surface area (Å²) in [5.74, 6) is -0.791. The van der Waals surface area contributed by atoms with E-state index in [2.05, 4.69) is 38.2 Å². The van der Waals surface area contributed by atoms with E-state index in [0.29, 0.717) is 12.8 Å². The number of carbonyl (C=O) groups is 2. The Labute approximate surface area is 339 Å². The van der Waals surface area contributed by atoms with Gasteiger partial charge in [0.25, 0.3) is 0 Å². The third kappa shape index (κ3) is 42.0. The lowest BCUT2D eigenvalue weighted by Crippen LogP contribution is -2.29. The molecule has 0 spiro atoms. The molecule has 0 aromatic carbocycles. The molecule has 0 aliphatic rings. The van der Waals surface area contributed by atoms with Crippen molar-refractivity contribution in [1.29, 1.82) is 0 Å². The van der Waals surface area contributed by atoms with Gasteiger partial charge in [0.15, 0.2) is 6.10 Å². The number of unbranched alkanes of at least 4 members (excludes halogenated alkanes) is 27. The summed E-state index contributed by atoms with van der Waals surface area (Å²) in [5.41, 5.74) is 0. The normalized spacial score (nSPS) is 13.5. The molecule has 0 saturated carbocycles. The second-order valence-corrected chi connectivity index (χ2v) is 16.9. The number of phosphoric ester groups is 1. The minimum atomic E-state index is -4.28. The van der Waals surface area contributed by atoms with Crippen LogP contribution in [0.5, 0.6) is 0 Å². The van der Waals surface area contributed by atoms with Gasteiger partial charge in [0, 0.05) is 12.8 Å². The van der Waals surface area contributed by atoms with E-state index in [9.17, 15) is 19.0 Å². The van der Waals surface area contributed by atoms with Gasteiger partial charge in [0.2, 0.25) is 0 Å². The first-order valence-electron chi connectivity index (χ1n) is 23.1. The standard InChI is InChI=1S/C46H87O8P/c1-4-7-9-11-13-15-17-19-20-21-22-23-24-25-26-27-28-29-31-33-35-37-39-41-46(48)54-44(43-53-55(49,50)52-6-3)42-51-45(47)40-38-36-34-32-30-18-16-14-12-10-8-5-2/h17,19,21-22,44H,4-16,18,20,23-43H2,1-3H3,(H,49,50)/b19-17-,22-21-. The Morgan fingerprint density at radius 3 is 1.29 bits per heavy atom. The Morgan fingerprint density at radius 2 is 0.873 bits per heavy atom. The fraction of sp³-hybridized carbons (Fsp3) is 0.870. The van der Waals surface area contributed by atoms with Crippen molar-refractivity contribution in [3.05, 3.63) is 24.3 Å². The van der Waals surface area contributed by atoms with Crippen LogP contribution in [0.4, 0.5) is 0 Å². The SMILES string of the molecule is CCCCCCC/C=C\C/C=C\CCCCCCCCCCCCCC(=O)OC(COC(=O)CCCCCCCCCCCCCC)COP(=O)(O)OCC. The highest BCUT2D eigenvalue weighted by Gasteiger charge is 2.25. The van der Waals surface area contributed by atoms with E-state index in [1.807, 2.05) is 0 Å². The zero-order chi connectivity index (χ0) is 40.3. The van der Waals surface area contributed by atoms with Crippen LogP contribution in [0.1, 0.15) is 233 Å². The molecule has 0 aromatic heterocycles. The third-order valence-electron chi connectivity index (χ3n) is 10.0. The first-order valence-corrected chi connectivity index (χ1v) is 24.6. The first kappa shape index (κ1) is 53.5. The van der Waals surface area contributed by atoms with Gasteiger partial charge in [-0.3, -0.25) is 18.6 Å². The molecule has 0 aromatic rings. The van der Waals surface area contributed by atoms with Gasteiger partial charge in [-0.05, 0) is 51.9 Å². The van der Waals surface area contributed by atoms with Gasteiger partial charge in [0.1, 0.15) is 6.61 Å². The van der Waals surface area contributed by atoms with Gasteiger partial charge in [-0.1, -0.05) is 192 Å². The molecule has 324 valence electrons. The van der Waals surface area contributed by atoms with Crippen LogP contribution in [0, 0.1) is 0 Å². The van der Waals surface area contributed by atoms with Crippen molar-refractivity contribution in [3.8, 4) is 0 Å². The number of phosphoric acid groups is 1. The van der Waals surface area contributed by atoms with E-state index in [-0.39, 0.29) is 32.2 Å². The Balaban J connectivity index is 3.97. The van der Waals surface area contributed by atoms with Crippen LogP contribution in [-0.2, 0) is 32.7 Å². The van der Waals surface area contributed by atoms with Crippen molar-refractivity contribution in [2.24, 2.45) is 0 Å². The number of carbonyl (C=O) groups excluding carboxylic acids is 2. The van der Waals surface area contributed by atoms with E-state index >= 15 is 0 Å². The van der Waals surface area contributed by atoms with Gasteiger partial charge >= 0.3 is 19.8 Å². The van der Waals surface area contributed by atoms with Crippen molar-refractivity contribution in [2.75, 3.05) is 19.8 Å². The van der Waals surface area contributed by atoms with Crippen LogP contribution in [0.3, 0.4) is 0 Å². The molecule has 2 unspecified atom stereocenters. The summed E-state index contributed by atoms with van der Waals surface area (Å²) in [6.07, 6.45) is 46.6. The predicted molar refractivity (Wildman–Crippen MR) is 230 cm³/mol. The topological polar surface area (TPSA) is 108 Å². The van der Waals surface area contributed by atoms with Gasteiger partial charge in [0.05, 0.1) is 13.2 Å². The molecule has 2 atom stereocenters. The van der Waals surface area contributed by atoms with Crippen LogP contribution >= 0.6 is 7.82 Å². The molecule has 0 amide bonds. The number of hydrogen-bond acceptors (Lipinski definition) is 7. The van der Waals surface area contributed by atoms with Crippen molar-refractivity contribution >= 4 is 19.8 Å². The molecular weight excluding hydrogens is 711 g/mol. The Kier molecular flexibility index (Phi) is 41.0. The minimum Gasteiger partial charge on any atom is -0.462 e. The van der Waals surface area contributed by atoms with Crippen molar-refractivity contribution < 1.29 is 37.6 Å². The molecule has 0 aliphatic carbocycles. The average molecular weight is 799 g/mol. The smallest absolute Gasteiger partial charge is 0.462 e. The molecule has 0 aliphatic heterocycles. The second kappa shape index (κ2) is 42.1. The number of esters is 2. The van der Waals surface area contributed by atoms with E-state index < -0.39 is 19.9 Å². The number of ether oxygens (including phenoxy) is 2. The highest BCUT2D eigenvalue weighted by molar-refractivity contribution is 7.47. The number of hydrogen-bond donors (Lipinski definition) is 1. The molecule has 9 heteroatoms. The summed E-state index contributed by atoms with van der Waals surface area (Å²) in [6.45, 7) is 5.48. The van der Waals surface area contributed by atoms with Crippen LogP contribution in [0.15, 0.2) is 24.3 Å². The zero-order valence-electron chi connectivity index (χ0n) is 36.1. The van der Waals surface area contributed by atoms with E-state index in [1.54, 1.807) is 6.92 Å². The van der Waals surface area contributed by atoms with Gasteiger partial charge in [-0.15, -0.1) is 0 Å². The van der Waals surface area contributed by atoms with E-state index in [4.69, 9.17) is 18.5 Å². The molecule has 0 fully saturated rings. The summed E-state index contributed by atoms with van der Waals surface area (Å²) in [7, 11) is -4.28. The summed E-state index contributed by atoms with van der Waals surface area (Å²) in [5, 5.41) is 0. The lowest BCUT2D eigenvalue weighted by molar-refractivity contribution is -0.161. The Bertz CT molecular complexity index is 952. The quantitative estimate of drug-likeness (QED) is 0.0281. The van der Waals surface area contributed by atoms with Crippen molar-refractivity contribution in [2.45, 2.75) is 239 Å². The molecule has 0 heterocycles. The van der Waals surface area contributed by atoms with Crippen LogP contribution < -0.4 is 0 Å². The average Bonchev–Trinajstić information content (AvgIpc) is 3.16. The van der Waals surface area contributed by atoms with Gasteiger partial charge in [-0.25, -0.2) is 4.57 Å².